The van der Waals surface area contributed by atoms with Crippen molar-refractivity contribution in [1.82, 2.24) is 10.3 Å². The molecule has 0 fully saturated rings. The van der Waals surface area contributed by atoms with Crippen LogP contribution < -0.4 is 10.2 Å². The van der Waals surface area contributed by atoms with E-state index in [1.165, 1.54) is 16.7 Å². The number of benzene rings is 1. The van der Waals surface area contributed by atoms with E-state index in [9.17, 15) is 0 Å². The predicted octanol–water partition coefficient (Wildman–Crippen LogP) is 2.80. The zero-order valence-corrected chi connectivity index (χ0v) is 12.7. The van der Waals surface area contributed by atoms with Crippen molar-refractivity contribution in [2.75, 3.05) is 24.5 Å². The molecular formula is C18H23N3. The van der Waals surface area contributed by atoms with Crippen LogP contribution in [0.15, 0.2) is 42.6 Å². The molecule has 0 bridgehead atoms. The number of hydrogen-bond donors (Lipinski definition) is 1. The van der Waals surface area contributed by atoms with Crippen molar-refractivity contribution >= 4 is 5.82 Å². The van der Waals surface area contributed by atoms with Gasteiger partial charge in [-0.1, -0.05) is 37.3 Å². The second-order valence-corrected chi connectivity index (χ2v) is 5.56. The molecule has 0 saturated carbocycles. The SMILES string of the molecule is CCNCc1ccc(N2CCc3ccccc3CC2)nc1. The molecule has 0 amide bonds. The normalized spacial score (nSPS) is 14.6. The fourth-order valence-electron chi connectivity index (χ4n) is 2.87. The zero-order valence-electron chi connectivity index (χ0n) is 12.7. The van der Waals surface area contributed by atoms with Crippen LogP contribution in [0.3, 0.4) is 0 Å². The molecule has 0 saturated heterocycles. The summed E-state index contributed by atoms with van der Waals surface area (Å²) in [5.41, 5.74) is 4.23. The second kappa shape index (κ2) is 6.72. The molecule has 1 aliphatic heterocycles. The van der Waals surface area contributed by atoms with Crippen LogP contribution in [-0.4, -0.2) is 24.6 Å². The Balaban J connectivity index is 1.68. The molecule has 0 aliphatic carbocycles. The van der Waals surface area contributed by atoms with E-state index in [4.69, 9.17) is 0 Å². The van der Waals surface area contributed by atoms with Gasteiger partial charge in [0, 0.05) is 25.8 Å². The molecule has 0 spiro atoms. The van der Waals surface area contributed by atoms with Crippen LogP contribution in [0.1, 0.15) is 23.6 Å². The first kappa shape index (κ1) is 14.1. The number of fused-ring (bicyclic) bond motifs is 1. The molecule has 1 aliphatic rings. The molecule has 2 heterocycles. The van der Waals surface area contributed by atoms with Crippen molar-refractivity contribution in [2.45, 2.75) is 26.3 Å². The van der Waals surface area contributed by atoms with Crippen molar-refractivity contribution in [2.24, 2.45) is 0 Å². The molecule has 0 radical (unpaired) electrons. The molecule has 110 valence electrons. The van der Waals surface area contributed by atoms with Crippen LogP contribution in [0.5, 0.6) is 0 Å². The maximum Gasteiger partial charge on any atom is 0.128 e. The lowest BCUT2D eigenvalue weighted by atomic mass is 10.0. The summed E-state index contributed by atoms with van der Waals surface area (Å²) in [4.78, 5) is 7.05. The van der Waals surface area contributed by atoms with Gasteiger partial charge in [-0.3, -0.25) is 0 Å². The second-order valence-electron chi connectivity index (χ2n) is 5.56. The monoisotopic (exact) mass is 281 g/mol. The lowest BCUT2D eigenvalue weighted by Crippen LogP contribution is -2.26. The largest absolute Gasteiger partial charge is 0.356 e. The minimum absolute atomic E-state index is 0.898. The Morgan fingerprint density at radius 3 is 2.33 bits per heavy atom. The number of nitrogens with zero attached hydrogens (tertiary/aromatic N) is 2. The molecule has 0 unspecified atom stereocenters. The standard InChI is InChI=1S/C18H23N3/c1-2-19-13-15-7-8-18(20-14-15)21-11-9-16-5-3-4-6-17(16)10-12-21/h3-8,14,19H,2,9-13H2,1H3. The van der Waals surface area contributed by atoms with E-state index < -0.39 is 0 Å². The van der Waals surface area contributed by atoms with Gasteiger partial charge in [-0.2, -0.15) is 0 Å². The summed E-state index contributed by atoms with van der Waals surface area (Å²) in [5, 5.41) is 3.33. The summed E-state index contributed by atoms with van der Waals surface area (Å²) >= 11 is 0. The van der Waals surface area contributed by atoms with Gasteiger partial charge in [0.1, 0.15) is 5.82 Å². The summed E-state index contributed by atoms with van der Waals surface area (Å²) in [5.74, 6) is 1.10. The van der Waals surface area contributed by atoms with Crippen LogP contribution in [-0.2, 0) is 19.4 Å². The Kier molecular flexibility index (Phi) is 4.51. The van der Waals surface area contributed by atoms with Crippen molar-refractivity contribution in [3.05, 3.63) is 59.3 Å². The number of pyridine rings is 1. The van der Waals surface area contributed by atoms with Crippen LogP contribution in [0, 0.1) is 0 Å². The molecule has 3 heteroatoms. The summed E-state index contributed by atoms with van der Waals surface area (Å²) in [6.07, 6.45) is 4.21. The van der Waals surface area contributed by atoms with Gasteiger partial charge in [0.15, 0.2) is 0 Å². The Hall–Kier alpha value is -1.87. The number of anilines is 1. The highest BCUT2D eigenvalue weighted by atomic mass is 15.2. The third-order valence-electron chi connectivity index (χ3n) is 4.13. The van der Waals surface area contributed by atoms with Crippen LogP contribution in [0.2, 0.25) is 0 Å². The number of nitrogens with one attached hydrogen (secondary N) is 1. The maximum absolute atomic E-state index is 4.65. The van der Waals surface area contributed by atoms with Gasteiger partial charge in [0.05, 0.1) is 0 Å². The molecule has 3 rings (SSSR count). The van der Waals surface area contributed by atoms with E-state index in [0.29, 0.717) is 0 Å². The van der Waals surface area contributed by atoms with E-state index in [-0.39, 0.29) is 0 Å². The number of rotatable bonds is 4. The molecule has 2 aromatic rings. The minimum atomic E-state index is 0.898. The average Bonchev–Trinajstić information content (AvgIpc) is 2.76. The summed E-state index contributed by atoms with van der Waals surface area (Å²) < 4.78 is 0. The number of hydrogen-bond acceptors (Lipinski definition) is 3. The Bertz CT molecular complexity index is 550. The van der Waals surface area contributed by atoms with Crippen molar-refractivity contribution < 1.29 is 0 Å². The third kappa shape index (κ3) is 3.42. The van der Waals surface area contributed by atoms with E-state index in [2.05, 4.69) is 58.5 Å². The van der Waals surface area contributed by atoms with E-state index >= 15 is 0 Å². The zero-order chi connectivity index (χ0) is 14.5. The Morgan fingerprint density at radius 2 is 1.76 bits per heavy atom. The summed E-state index contributed by atoms with van der Waals surface area (Å²) in [7, 11) is 0. The lowest BCUT2D eigenvalue weighted by molar-refractivity contribution is 0.722. The fourth-order valence-corrected chi connectivity index (χ4v) is 2.87. The fraction of sp³-hybridized carbons (Fsp3) is 0.389. The van der Waals surface area contributed by atoms with Gasteiger partial charge >= 0.3 is 0 Å². The van der Waals surface area contributed by atoms with Crippen molar-refractivity contribution in [1.29, 1.82) is 0 Å². The summed E-state index contributed by atoms with van der Waals surface area (Å²) in [6.45, 7) is 6.12. The first-order valence-electron chi connectivity index (χ1n) is 7.84. The Morgan fingerprint density at radius 1 is 1.05 bits per heavy atom. The summed E-state index contributed by atoms with van der Waals surface area (Å²) in [6, 6.07) is 13.1. The highest BCUT2D eigenvalue weighted by molar-refractivity contribution is 5.42. The molecule has 21 heavy (non-hydrogen) atoms. The number of aromatic nitrogens is 1. The Labute approximate surface area is 127 Å². The van der Waals surface area contributed by atoms with Gasteiger partial charge < -0.3 is 10.2 Å². The van der Waals surface area contributed by atoms with Crippen LogP contribution in [0.4, 0.5) is 5.82 Å². The van der Waals surface area contributed by atoms with E-state index in [1.54, 1.807) is 0 Å². The highest BCUT2D eigenvalue weighted by Gasteiger charge is 2.14. The third-order valence-corrected chi connectivity index (χ3v) is 4.13. The molecule has 3 nitrogen and oxygen atoms in total. The lowest BCUT2D eigenvalue weighted by Gasteiger charge is -2.21. The molecule has 1 N–H and O–H groups in total. The van der Waals surface area contributed by atoms with Gasteiger partial charge in [-0.05, 0) is 42.1 Å². The van der Waals surface area contributed by atoms with E-state index in [1.807, 2.05) is 6.20 Å². The first-order chi connectivity index (χ1) is 10.4. The maximum atomic E-state index is 4.65. The van der Waals surface area contributed by atoms with Crippen LogP contribution >= 0.6 is 0 Å². The average molecular weight is 281 g/mol. The predicted molar refractivity (Wildman–Crippen MR) is 87.7 cm³/mol. The quantitative estimate of drug-likeness (QED) is 0.934. The van der Waals surface area contributed by atoms with E-state index in [0.717, 1.165) is 44.8 Å². The van der Waals surface area contributed by atoms with Gasteiger partial charge in [-0.15, -0.1) is 0 Å². The topological polar surface area (TPSA) is 28.2 Å². The molecule has 1 aromatic heterocycles. The minimum Gasteiger partial charge on any atom is -0.356 e. The van der Waals surface area contributed by atoms with Gasteiger partial charge in [0.2, 0.25) is 0 Å². The molecule has 0 atom stereocenters. The van der Waals surface area contributed by atoms with Gasteiger partial charge in [-0.25, -0.2) is 4.98 Å². The smallest absolute Gasteiger partial charge is 0.128 e. The van der Waals surface area contributed by atoms with Crippen LogP contribution in [0.25, 0.3) is 0 Å². The van der Waals surface area contributed by atoms with Crippen molar-refractivity contribution in [3.63, 3.8) is 0 Å². The van der Waals surface area contributed by atoms with Crippen molar-refractivity contribution in [3.8, 4) is 0 Å². The molecular weight excluding hydrogens is 258 g/mol. The highest BCUT2D eigenvalue weighted by Crippen LogP contribution is 2.19. The van der Waals surface area contributed by atoms with Gasteiger partial charge in [0.25, 0.3) is 0 Å². The molecule has 1 aromatic carbocycles. The first-order valence-corrected chi connectivity index (χ1v) is 7.84.